The molecule has 0 amide bonds. The Morgan fingerprint density at radius 3 is 2.14 bits per heavy atom. The van der Waals surface area contributed by atoms with Gasteiger partial charge in [0.2, 0.25) is 0 Å². The van der Waals surface area contributed by atoms with Gasteiger partial charge in [-0.2, -0.15) is 13.2 Å². The van der Waals surface area contributed by atoms with E-state index in [-0.39, 0.29) is 5.92 Å². The third kappa shape index (κ3) is 1.13. The van der Waals surface area contributed by atoms with Gasteiger partial charge in [-0.15, -0.1) is 0 Å². The highest BCUT2D eigenvalue weighted by molar-refractivity contribution is 5.84. The minimum atomic E-state index is -4.49. The lowest BCUT2D eigenvalue weighted by molar-refractivity contribution is -0.163. The zero-order valence-electron chi connectivity index (χ0n) is 7.21. The monoisotopic (exact) mass is 209 g/mol. The molecule has 2 aliphatic rings. The Hall–Kier alpha value is -0.780. The second-order valence-corrected chi connectivity index (χ2v) is 4.12. The zero-order valence-corrected chi connectivity index (χ0v) is 7.21. The van der Waals surface area contributed by atoms with Crippen LogP contribution in [0, 0.1) is 17.8 Å². The van der Waals surface area contributed by atoms with Gasteiger partial charge in [0.05, 0.1) is 5.92 Å². The van der Waals surface area contributed by atoms with Crippen molar-refractivity contribution in [3.63, 3.8) is 0 Å². The van der Waals surface area contributed by atoms with Crippen molar-refractivity contribution < 1.29 is 23.1 Å². The van der Waals surface area contributed by atoms with Gasteiger partial charge in [-0.1, -0.05) is 0 Å². The summed E-state index contributed by atoms with van der Waals surface area (Å²) < 4.78 is 37.2. The van der Waals surface area contributed by atoms with Crippen molar-refractivity contribution in [2.45, 2.75) is 24.6 Å². The van der Waals surface area contributed by atoms with E-state index in [1.165, 1.54) is 0 Å². The minimum absolute atomic E-state index is 0.136. The Balaban J connectivity index is 2.22. The molecule has 0 aromatic heterocycles. The number of alkyl halides is 3. The first-order valence-electron chi connectivity index (χ1n) is 4.38. The predicted molar refractivity (Wildman–Crippen MR) is 40.3 cm³/mol. The summed E-state index contributed by atoms with van der Waals surface area (Å²) in [5, 5.41) is 8.67. The van der Waals surface area contributed by atoms with Crippen molar-refractivity contribution >= 4 is 5.97 Å². The Bertz CT molecular complexity index is 287. The Morgan fingerprint density at radius 1 is 1.43 bits per heavy atom. The highest BCUT2D eigenvalue weighted by Crippen LogP contribution is 2.65. The van der Waals surface area contributed by atoms with Gasteiger partial charge >= 0.3 is 12.1 Å². The summed E-state index contributed by atoms with van der Waals surface area (Å²) in [6.45, 7) is 0. The van der Waals surface area contributed by atoms with Crippen LogP contribution in [0.3, 0.4) is 0 Å². The average molecular weight is 209 g/mol. The molecule has 0 radical (unpaired) electrons. The first kappa shape index (κ1) is 9.76. The first-order chi connectivity index (χ1) is 6.29. The smallest absolute Gasteiger partial charge is 0.394 e. The van der Waals surface area contributed by atoms with Crippen LogP contribution in [0.5, 0.6) is 0 Å². The van der Waals surface area contributed by atoms with E-state index in [1.807, 2.05) is 0 Å². The van der Waals surface area contributed by atoms with E-state index in [9.17, 15) is 18.0 Å². The molecule has 6 heteroatoms. The minimum Gasteiger partial charge on any atom is -0.480 e. The van der Waals surface area contributed by atoms with Crippen LogP contribution >= 0.6 is 0 Å². The summed E-state index contributed by atoms with van der Waals surface area (Å²) in [4.78, 5) is 10.7. The van der Waals surface area contributed by atoms with E-state index >= 15 is 0 Å². The molecule has 0 bridgehead atoms. The van der Waals surface area contributed by atoms with Crippen molar-refractivity contribution in [1.29, 1.82) is 0 Å². The summed E-state index contributed by atoms with van der Waals surface area (Å²) in [7, 11) is 0. The summed E-state index contributed by atoms with van der Waals surface area (Å²) in [5.41, 5.74) is 3.23. The van der Waals surface area contributed by atoms with Gasteiger partial charge in [-0.05, 0) is 18.8 Å². The Kier molecular flexibility index (Phi) is 1.69. The van der Waals surface area contributed by atoms with Crippen LogP contribution in [0.1, 0.15) is 12.8 Å². The van der Waals surface area contributed by atoms with Crippen molar-refractivity contribution in [3.05, 3.63) is 0 Å². The van der Waals surface area contributed by atoms with Crippen LogP contribution in [-0.4, -0.2) is 22.8 Å². The van der Waals surface area contributed by atoms with Crippen LogP contribution in [0.4, 0.5) is 13.2 Å². The number of rotatable bonds is 2. The fourth-order valence-electron chi connectivity index (χ4n) is 2.30. The molecule has 80 valence electrons. The van der Waals surface area contributed by atoms with Gasteiger partial charge in [0, 0.05) is 5.92 Å². The third-order valence-electron chi connectivity index (χ3n) is 3.17. The second-order valence-electron chi connectivity index (χ2n) is 4.12. The summed E-state index contributed by atoms with van der Waals surface area (Å²) >= 11 is 0. The van der Waals surface area contributed by atoms with Crippen molar-refractivity contribution in [1.82, 2.24) is 0 Å². The summed E-state index contributed by atoms with van der Waals surface area (Å²) in [5.74, 6) is -4.42. The summed E-state index contributed by atoms with van der Waals surface area (Å²) in [6.07, 6.45) is -3.15. The number of hydrogen-bond acceptors (Lipinski definition) is 2. The van der Waals surface area contributed by atoms with Crippen molar-refractivity contribution in [2.24, 2.45) is 23.5 Å². The first-order valence-corrected chi connectivity index (χ1v) is 4.38. The average Bonchev–Trinajstić information content (AvgIpc) is 2.76. The van der Waals surface area contributed by atoms with Gasteiger partial charge in [0.25, 0.3) is 0 Å². The SMILES string of the molecule is N[C@]1(C(=O)O)[C@H](C2CC2)[C@H]1C(F)(F)F. The lowest BCUT2D eigenvalue weighted by atomic mass is 10.1. The maximum absolute atomic E-state index is 12.4. The van der Waals surface area contributed by atoms with Crippen LogP contribution in [-0.2, 0) is 4.79 Å². The van der Waals surface area contributed by atoms with Crippen LogP contribution < -0.4 is 5.73 Å². The molecule has 0 unspecified atom stereocenters. The molecule has 3 atom stereocenters. The van der Waals surface area contributed by atoms with Gasteiger partial charge < -0.3 is 10.8 Å². The Morgan fingerprint density at radius 2 is 1.93 bits per heavy atom. The number of aliphatic carboxylic acids is 1. The number of nitrogens with two attached hydrogens (primary N) is 1. The fraction of sp³-hybridized carbons (Fsp3) is 0.875. The van der Waals surface area contributed by atoms with E-state index in [2.05, 4.69) is 0 Å². The highest BCUT2D eigenvalue weighted by atomic mass is 19.4. The number of carboxylic acid groups (broad SMARTS) is 1. The normalized spacial score (nSPS) is 42.3. The number of carbonyl (C=O) groups is 1. The van der Waals surface area contributed by atoms with Gasteiger partial charge in [-0.3, -0.25) is 4.79 Å². The van der Waals surface area contributed by atoms with E-state index in [0.29, 0.717) is 12.8 Å². The molecule has 0 aromatic carbocycles. The molecule has 14 heavy (non-hydrogen) atoms. The van der Waals surface area contributed by atoms with Gasteiger partial charge in [0.1, 0.15) is 5.54 Å². The molecule has 0 spiro atoms. The summed E-state index contributed by atoms with van der Waals surface area (Å²) in [6, 6.07) is 0. The largest absolute Gasteiger partial charge is 0.480 e. The second kappa shape index (κ2) is 2.42. The lowest BCUT2D eigenvalue weighted by Crippen LogP contribution is -2.39. The standard InChI is InChI=1S/C8H10F3NO2/c9-8(10,11)5-4(3-1-2-3)7(5,12)6(13)14/h3-5H,1-2,12H2,(H,13,14)/t4-,5-,7-/m1/s1. The van der Waals surface area contributed by atoms with Crippen LogP contribution in [0.15, 0.2) is 0 Å². The fourth-order valence-corrected chi connectivity index (χ4v) is 2.30. The lowest BCUT2D eigenvalue weighted by Gasteiger charge is -2.07. The maximum atomic E-state index is 12.4. The van der Waals surface area contributed by atoms with E-state index in [1.54, 1.807) is 0 Å². The maximum Gasteiger partial charge on any atom is 0.394 e. The molecular weight excluding hydrogens is 199 g/mol. The van der Waals surface area contributed by atoms with E-state index in [4.69, 9.17) is 10.8 Å². The van der Waals surface area contributed by atoms with Crippen molar-refractivity contribution in [3.8, 4) is 0 Å². The molecular formula is C8H10F3NO2. The molecule has 0 aliphatic heterocycles. The predicted octanol–water partition coefficient (Wildman–Crippen LogP) is 0.987. The van der Waals surface area contributed by atoms with Gasteiger partial charge in [-0.25, -0.2) is 0 Å². The molecule has 0 heterocycles. The van der Waals surface area contributed by atoms with Crippen molar-refractivity contribution in [2.75, 3.05) is 0 Å². The molecule has 0 saturated heterocycles. The molecule has 2 saturated carbocycles. The number of carboxylic acids is 1. The number of halogens is 3. The Labute approximate surface area is 78.1 Å². The van der Waals surface area contributed by atoms with E-state index < -0.39 is 29.5 Å². The molecule has 0 aromatic rings. The molecule has 3 nitrogen and oxygen atoms in total. The highest BCUT2D eigenvalue weighted by Gasteiger charge is 2.80. The molecule has 3 N–H and O–H groups in total. The molecule has 2 aliphatic carbocycles. The van der Waals surface area contributed by atoms with Crippen LogP contribution in [0.2, 0.25) is 0 Å². The topological polar surface area (TPSA) is 63.3 Å². The van der Waals surface area contributed by atoms with Crippen LogP contribution in [0.25, 0.3) is 0 Å². The zero-order chi connectivity index (χ0) is 10.7. The van der Waals surface area contributed by atoms with Gasteiger partial charge in [0.15, 0.2) is 0 Å². The number of hydrogen-bond donors (Lipinski definition) is 2. The quantitative estimate of drug-likeness (QED) is 0.712. The molecule has 2 rings (SSSR count). The third-order valence-corrected chi connectivity index (χ3v) is 3.17. The van der Waals surface area contributed by atoms with E-state index in [0.717, 1.165) is 0 Å². The molecule has 2 fully saturated rings.